The van der Waals surface area contributed by atoms with Crippen LogP contribution in [0.3, 0.4) is 0 Å². The molecule has 1 saturated heterocycles. The third kappa shape index (κ3) is 5.38. The number of carbonyl (C=O) groups is 2. The lowest BCUT2D eigenvalue weighted by atomic mass is 10.1. The Morgan fingerprint density at radius 2 is 1.93 bits per heavy atom. The second kappa shape index (κ2) is 10.3. The van der Waals surface area contributed by atoms with Gasteiger partial charge in [0, 0.05) is 18.5 Å². The van der Waals surface area contributed by atoms with Crippen molar-refractivity contribution in [1.29, 1.82) is 0 Å². The van der Waals surface area contributed by atoms with E-state index in [0.717, 1.165) is 29.8 Å². The highest BCUT2D eigenvalue weighted by Crippen LogP contribution is 2.27. The maximum Gasteiger partial charge on any atom is 0.249 e. The fourth-order valence-electron chi connectivity index (χ4n) is 3.52. The van der Waals surface area contributed by atoms with Crippen molar-refractivity contribution in [1.82, 2.24) is 15.1 Å². The van der Waals surface area contributed by atoms with Crippen molar-refractivity contribution in [2.24, 2.45) is 0 Å². The van der Waals surface area contributed by atoms with E-state index >= 15 is 0 Å². The number of carbonyl (C=O) groups excluding carboxylic acids is 2. The first-order valence-electron chi connectivity index (χ1n) is 10.2. The van der Waals surface area contributed by atoms with E-state index in [-0.39, 0.29) is 11.8 Å². The van der Waals surface area contributed by atoms with Gasteiger partial charge in [-0.05, 0) is 19.3 Å². The van der Waals surface area contributed by atoms with E-state index < -0.39 is 6.04 Å². The van der Waals surface area contributed by atoms with Crippen LogP contribution in [0.4, 0.5) is 5.13 Å². The number of hydrogen-bond acceptors (Lipinski definition) is 5. The van der Waals surface area contributed by atoms with Crippen LogP contribution < -0.4 is 5.32 Å². The SMILES string of the molecule is CCCCCCCC(=O)N1CCCC1C(=O)Nc1nnc(-c2ccccc2)s1. The highest BCUT2D eigenvalue weighted by Gasteiger charge is 2.34. The van der Waals surface area contributed by atoms with Gasteiger partial charge in [0.1, 0.15) is 11.0 Å². The lowest BCUT2D eigenvalue weighted by molar-refractivity contribution is -0.136. The second-order valence-electron chi connectivity index (χ2n) is 7.18. The molecule has 7 heteroatoms. The monoisotopic (exact) mass is 400 g/mol. The molecule has 1 N–H and O–H groups in total. The summed E-state index contributed by atoms with van der Waals surface area (Å²) in [6, 6.07) is 9.36. The largest absolute Gasteiger partial charge is 0.331 e. The first kappa shape index (κ1) is 20.5. The van der Waals surface area contributed by atoms with E-state index in [0.29, 0.717) is 24.5 Å². The van der Waals surface area contributed by atoms with Crippen molar-refractivity contribution >= 4 is 28.3 Å². The predicted molar refractivity (Wildman–Crippen MR) is 112 cm³/mol. The molecule has 1 unspecified atom stereocenters. The molecular weight excluding hydrogens is 372 g/mol. The number of unbranched alkanes of at least 4 members (excludes halogenated alkanes) is 4. The lowest BCUT2D eigenvalue weighted by Crippen LogP contribution is -2.43. The van der Waals surface area contributed by atoms with E-state index in [4.69, 9.17) is 0 Å². The highest BCUT2D eigenvalue weighted by atomic mass is 32.1. The number of hydrogen-bond donors (Lipinski definition) is 1. The fraction of sp³-hybridized carbons (Fsp3) is 0.524. The predicted octanol–water partition coefficient (Wildman–Crippen LogP) is 4.50. The Hall–Kier alpha value is -2.28. The van der Waals surface area contributed by atoms with Gasteiger partial charge in [-0.3, -0.25) is 14.9 Å². The van der Waals surface area contributed by atoms with Gasteiger partial charge < -0.3 is 4.90 Å². The summed E-state index contributed by atoms with van der Waals surface area (Å²) in [6.07, 6.45) is 7.68. The first-order valence-corrected chi connectivity index (χ1v) is 11.0. The summed E-state index contributed by atoms with van der Waals surface area (Å²) in [7, 11) is 0. The van der Waals surface area contributed by atoms with Crippen molar-refractivity contribution in [2.75, 3.05) is 11.9 Å². The van der Waals surface area contributed by atoms with E-state index in [2.05, 4.69) is 22.4 Å². The summed E-state index contributed by atoms with van der Waals surface area (Å²) in [5, 5.41) is 12.3. The van der Waals surface area contributed by atoms with E-state index in [1.807, 2.05) is 30.3 Å². The molecular formula is C21H28N4O2S. The number of amides is 2. The summed E-state index contributed by atoms with van der Waals surface area (Å²) in [5.41, 5.74) is 0.973. The van der Waals surface area contributed by atoms with Crippen LogP contribution >= 0.6 is 11.3 Å². The van der Waals surface area contributed by atoms with E-state index in [1.54, 1.807) is 4.90 Å². The van der Waals surface area contributed by atoms with Crippen molar-refractivity contribution in [3.63, 3.8) is 0 Å². The quantitative estimate of drug-likeness (QED) is 0.629. The smallest absolute Gasteiger partial charge is 0.249 e. The summed E-state index contributed by atoms with van der Waals surface area (Å²) >= 11 is 1.35. The first-order chi connectivity index (χ1) is 13.7. The molecule has 1 fully saturated rings. The van der Waals surface area contributed by atoms with Gasteiger partial charge in [0.05, 0.1) is 0 Å². The highest BCUT2D eigenvalue weighted by molar-refractivity contribution is 7.18. The minimum absolute atomic E-state index is 0.0939. The maximum absolute atomic E-state index is 12.7. The Morgan fingerprint density at radius 3 is 2.71 bits per heavy atom. The summed E-state index contributed by atoms with van der Waals surface area (Å²) in [4.78, 5) is 27.0. The molecule has 28 heavy (non-hydrogen) atoms. The van der Waals surface area contributed by atoms with Crippen LogP contribution in [0.25, 0.3) is 10.6 Å². The van der Waals surface area contributed by atoms with Gasteiger partial charge in [0.25, 0.3) is 0 Å². The van der Waals surface area contributed by atoms with Crippen molar-refractivity contribution in [3.05, 3.63) is 30.3 Å². The van der Waals surface area contributed by atoms with Crippen LogP contribution in [-0.4, -0.2) is 39.5 Å². The zero-order chi connectivity index (χ0) is 19.8. The summed E-state index contributed by atoms with van der Waals surface area (Å²) in [6.45, 7) is 2.84. The molecule has 3 rings (SSSR count). The van der Waals surface area contributed by atoms with Crippen LogP contribution in [0.2, 0.25) is 0 Å². The zero-order valence-corrected chi connectivity index (χ0v) is 17.2. The normalized spacial score (nSPS) is 16.3. The van der Waals surface area contributed by atoms with Gasteiger partial charge in [-0.15, -0.1) is 10.2 Å². The molecule has 2 aromatic rings. The molecule has 0 aliphatic carbocycles. The number of rotatable bonds is 9. The zero-order valence-electron chi connectivity index (χ0n) is 16.4. The number of nitrogens with zero attached hydrogens (tertiary/aromatic N) is 3. The van der Waals surface area contributed by atoms with Crippen molar-refractivity contribution < 1.29 is 9.59 Å². The van der Waals surface area contributed by atoms with E-state index in [9.17, 15) is 9.59 Å². The average Bonchev–Trinajstić information content (AvgIpc) is 3.38. The molecule has 150 valence electrons. The molecule has 1 aliphatic rings. The third-order valence-corrected chi connectivity index (χ3v) is 5.93. The molecule has 2 heterocycles. The second-order valence-corrected chi connectivity index (χ2v) is 8.15. The molecule has 0 radical (unpaired) electrons. The average molecular weight is 401 g/mol. The molecule has 0 saturated carbocycles. The van der Waals surface area contributed by atoms with Gasteiger partial charge in [-0.2, -0.15) is 0 Å². The van der Waals surface area contributed by atoms with Crippen LogP contribution in [0.1, 0.15) is 58.3 Å². The number of likely N-dealkylation sites (tertiary alicyclic amines) is 1. The van der Waals surface area contributed by atoms with Crippen molar-refractivity contribution in [2.45, 2.75) is 64.3 Å². The number of nitrogens with one attached hydrogen (secondary N) is 1. The Morgan fingerprint density at radius 1 is 1.14 bits per heavy atom. The van der Waals surface area contributed by atoms with Gasteiger partial charge in [-0.25, -0.2) is 0 Å². The Bertz CT molecular complexity index is 778. The van der Waals surface area contributed by atoms with E-state index in [1.165, 1.54) is 30.6 Å². The Labute approximate surface area is 170 Å². The van der Waals surface area contributed by atoms with Crippen LogP contribution in [0, 0.1) is 0 Å². The van der Waals surface area contributed by atoms with Crippen LogP contribution in [-0.2, 0) is 9.59 Å². The Balaban J connectivity index is 1.53. The van der Waals surface area contributed by atoms with Gasteiger partial charge >= 0.3 is 0 Å². The Kier molecular flexibility index (Phi) is 7.54. The van der Waals surface area contributed by atoms with Crippen LogP contribution in [0.15, 0.2) is 30.3 Å². The molecule has 1 atom stereocenters. The number of benzene rings is 1. The van der Waals surface area contributed by atoms with Crippen LogP contribution in [0.5, 0.6) is 0 Å². The maximum atomic E-state index is 12.7. The standard InChI is InChI=1S/C21H28N4O2S/c1-2-3-4-5-9-14-18(26)25-15-10-13-17(25)19(27)22-21-24-23-20(28-21)16-11-7-6-8-12-16/h6-8,11-12,17H,2-5,9-10,13-15H2,1H3,(H,22,24,27). The minimum atomic E-state index is -0.396. The molecule has 1 aromatic heterocycles. The van der Waals surface area contributed by atoms with Crippen molar-refractivity contribution in [3.8, 4) is 10.6 Å². The lowest BCUT2D eigenvalue weighted by Gasteiger charge is -2.23. The molecule has 1 aliphatic heterocycles. The topological polar surface area (TPSA) is 75.2 Å². The molecule has 0 bridgehead atoms. The molecule has 2 amide bonds. The number of anilines is 1. The van der Waals surface area contributed by atoms with Gasteiger partial charge in [0.15, 0.2) is 0 Å². The van der Waals surface area contributed by atoms with Gasteiger partial charge in [-0.1, -0.05) is 74.3 Å². The molecule has 1 aromatic carbocycles. The third-order valence-electron chi connectivity index (χ3n) is 5.05. The number of aromatic nitrogens is 2. The van der Waals surface area contributed by atoms with Gasteiger partial charge in [0.2, 0.25) is 16.9 Å². The molecule has 6 nitrogen and oxygen atoms in total. The fourth-order valence-corrected chi connectivity index (χ4v) is 4.27. The minimum Gasteiger partial charge on any atom is -0.331 e. The molecule has 0 spiro atoms. The summed E-state index contributed by atoms with van der Waals surface area (Å²) < 4.78 is 0. The summed E-state index contributed by atoms with van der Waals surface area (Å²) in [5.74, 6) is -0.0658.